The highest BCUT2D eigenvalue weighted by Gasteiger charge is 2.29. The topological polar surface area (TPSA) is 77.8 Å². The molecule has 4 aromatic rings. The van der Waals surface area contributed by atoms with Crippen molar-refractivity contribution in [1.82, 2.24) is 0 Å². The van der Waals surface area contributed by atoms with Gasteiger partial charge in [-0.15, -0.1) is 0 Å². The molecule has 0 aliphatic carbocycles. The predicted octanol–water partition coefficient (Wildman–Crippen LogP) is 6.08. The van der Waals surface area contributed by atoms with Gasteiger partial charge in [-0.25, -0.2) is 13.2 Å². The number of carbonyl (C=O) groups excluding carboxylic acids is 2. The van der Waals surface area contributed by atoms with Crippen LogP contribution < -0.4 is 14.8 Å². The SMILES string of the molecule is COc1cccc(C(=O)c2oc3cc(NC(=O)C(C)Oc4c(F)c(F)c(F)c(F)c4F)ccc3c2C)c1. The molecule has 0 aliphatic heterocycles. The number of furan rings is 1. The number of ketones is 1. The van der Waals surface area contributed by atoms with Crippen LogP contribution in [0.4, 0.5) is 27.6 Å². The maximum absolute atomic E-state index is 13.9. The lowest BCUT2D eigenvalue weighted by Crippen LogP contribution is -2.31. The number of benzene rings is 3. The maximum atomic E-state index is 13.9. The van der Waals surface area contributed by atoms with Crippen molar-refractivity contribution >= 4 is 28.3 Å². The highest BCUT2D eigenvalue weighted by Crippen LogP contribution is 2.32. The molecule has 0 aliphatic rings. The summed E-state index contributed by atoms with van der Waals surface area (Å²) in [5, 5.41) is 3.00. The summed E-state index contributed by atoms with van der Waals surface area (Å²) in [6, 6.07) is 11.0. The van der Waals surface area contributed by atoms with Crippen LogP contribution in [0.15, 0.2) is 46.9 Å². The fourth-order valence-electron chi connectivity index (χ4n) is 3.58. The van der Waals surface area contributed by atoms with Crippen molar-refractivity contribution in [2.45, 2.75) is 20.0 Å². The van der Waals surface area contributed by atoms with Gasteiger partial charge in [0.25, 0.3) is 5.91 Å². The third-order valence-corrected chi connectivity index (χ3v) is 5.58. The van der Waals surface area contributed by atoms with Crippen LogP contribution in [0.25, 0.3) is 11.0 Å². The Labute approximate surface area is 206 Å². The molecule has 6 nitrogen and oxygen atoms in total. The number of hydrogen-bond acceptors (Lipinski definition) is 5. The zero-order valence-electron chi connectivity index (χ0n) is 19.5. The molecule has 192 valence electrons. The average molecular weight is 519 g/mol. The zero-order valence-corrected chi connectivity index (χ0v) is 19.5. The maximum Gasteiger partial charge on any atom is 0.265 e. The van der Waals surface area contributed by atoms with E-state index in [0.29, 0.717) is 22.3 Å². The Morgan fingerprint density at radius 2 is 1.57 bits per heavy atom. The summed E-state index contributed by atoms with van der Waals surface area (Å²) < 4.78 is 83.4. The largest absolute Gasteiger partial charge is 0.497 e. The predicted molar refractivity (Wildman–Crippen MR) is 122 cm³/mol. The summed E-state index contributed by atoms with van der Waals surface area (Å²) in [5.41, 5.74) is 1.33. The van der Waals surface area contributed by atoms with Crippen LogP contribution in [0.3, 0.4) is 0 Å². The number of rotatable bonds is 7. The van der Waals surface area contributed by atoms with E-state index in [9.17, 15) is 31.5 Å². The number of ether oxygens (including phenoxy) is 2. The highest BCUT2D eigenvalue weighted by molar-refractivity contribution is 6.11. The molecule has 1 unspecified atom stereocenters. The number of aryl methyl sites for hydroxylation is 1. The summed E-state index contributed by atoms with van der Waals surface area (Å²) in [6.07, 6.45) is -1.65. The Kier molecular flexibility index (Phi) is 6.88. The van der Waals surface area contributed by atoms with Gasteiger partial charge in [0.1, 0.15) is 11.3 Å². The fourth-order valence-corrected chi connectivity index (χ4v) is 3.58. The molecule has 0 bridgehead atoms. The first-order chi connectivity index (χ1) is 17.5. The molecule has 11 heteroatoms. The monoisotopic (exact) mass is 519 g/mol. The average Bonchev–Trinajstić information content (AvgIpc) is 3.23. The highest BCUT2D eigenvalue weighted by atomic mass is 19.2. The van der Waals surface area contributed by atoms with E-state index in [-0.39, 0.29) is 22.8 Å². The normalized spacial score (nSPS) is 11.9. The van der Waals surface area contributed by atoms with E-state index in [1.807, 2.05) is 0 Å². The van der Waals surface area contributed by atoms with Crippen molar-refractivity contribution in [2.75, 3.05) is 12.4 Å². The summed E-state index contributed by atoms with van der Waals surface area (Å²) in [5.74, 6) is -13.5. The standard InChI is InChI=1S/C26H18F5NO5/c1-11-16-8-7-14(10-17(16)37-24(11)23(33)13-5-4-6-15(9-13)35-3)32-26(34)12(2)36-25-21(30)19(28)18(27)20(29)22(25)31/h4-10,12H,1-3H3,(H,32,34). The van der Waals surface area contributed by atoms with E-state index < -0.39 is 46.8 Å². The van der Waals surface area contributed by atoms with Crippen LogP contribution in [0, 0.1) is 36.0 Å². The third-order valence-electron chi connectivity index (χ3n) is 5.58. The van der Waals surface area contributed by atoms with Crippen LogP contribution in [0.5, 0.6) is 11.5 Å². The number of nitrogens with one attached hydrogen (secondary N) is 1. The molecule has 0 saturated heterocycles. The Morgan fingerprint density at radius 1 is 0.919 bits per heavy atom. The minimum Gasteiger partial charge on any atom is -0.497 e. The van der Waals surface area contributed by atoms with Gasteiger partial charge in [-0.2, -0.15) is 8.78 Å². The van der Waals surface area contributed by atoms with E-state index in [1.165, 1.54) is 19.2 Å². The second-order valence-electron chi connectivity index (χ2n) is 7.98. The molecule has 1 N–H and O–H groups in total. The molecule has 3 aromatic carbocycles. The molecule has 1 aromatic heterocycles. The second kappa shape index (κ2) is 9.92. The lowest BCUT2D eigenvalue weighted by Gasteiger charge is -2.16. The smallest absolute Gasteiger partial charge is 0.265 e. The van der Waals surface area contributed by atoms with Gasteiger partial charge in [0.15, 0.2) is 17.6 Å². The molecule has 0 radical (unpaired) electrons. The summed E-state index contributed by atoms with van der Waals surface area (Å²) in [6.45, 7) is 2.76. The first kappa shape index (κ1) is 25.7. The van der Waals surface area contributed by atoms with Gasteiger partial charge in [0.2, 0.25) is 34.9 Å². The lowest BCUT2D eigenvalue weighted by atomic mass is 10.0. The van der Waals surface area contributed by atoms with Crippen LogP contribution >= 0.6 is 0 Å². The summed E-state index contributed by atoms with van der Waals surface area (Å²) in [7, 11) is 1.47. The quantitative estimate of drug-likeness (QED) is 0.139. The Balaban J connectivity index is 1.55. The van der Waals surface area contributed by atoms with E-state index >= 15 is 0 Å². The Hall–Kier alpha value is -4.41. The van der Waals surface area contributed by atoms with Gasteiger partial charge < -0.3 is 19.2 Å². The van der Waals surface area contributed by atoms with Crippen molar-refractivity contribution in [3.63, 3.8) is 0 Å². The summed E-state index contributed by atoms with van der Waals surface area (Å²) >= 11 is 0. The second-order valence-corrected chi connectivity index (χ2v) is 7.98. The van der Waals surface area contributed by atoms with Crippen LogP contribution in [-0.2, 0) is 4.79 Å². The molecule has 0 fully saturated rings. The van der Waals surface area contributed by atoms with Crippen molar-refractivity contribution in [2.24, 2.45) is 0 Å². The molecule has 37 heavy (non-hydrogen) atoms. The molecular formula is C26H18F5NO5. The van der Waals surface area contributed by atoms with Crippen molar-refractivity contribution in [3.8, 4) is 11.5 Å². The molecule has 4 rings (SSSR count). The van der Waals surface area contributed by atoms with Crippen molar-refractivity contribution in [1.29, 1.82) is 0 Å². The minimum atomic E-state index is -2.34. The first-order valence-corrected chi connectivity index (χ1v) is 10.7. The lowest BCUT2D eigenvalue weighted by molar-refractivity contribution is -0.122. The van der Waals surface area contributed by atoms with Crippen molar-refractivity contribution < 1.29 is 45.4 Å². The van der Waals surface area contributed by atoms with Gasteiger partial charge in [-0.3, -0.25) is 9.59 Å². The van der Waals surface area contributed by atoms with Gasteiger partial charge in [-0.05, 0) is 38.1 Å². The third kappa shape index (κ3) is 4.72. The number of fused-ring (bicyclic) bond motifs is 1. The first-order valence-electron chi connectivity index (χ1n) is 10.7. The number of methoxy groups -OCH3 is 1. The van der Waals surface area contributed by atoms with E-state index in [4.69, 9.17) is 13.9 Å². The molecule has 1 atom stereocenters. The van der Waals surface area contributed by atoms with Crippen LogP contribution in [0.1, 0.15) is 28.6 Å². The Bertz CT molecular complexity index is 1520. The molecule has 0 saturated carbocycles. The van der Waals surface area contributed by atoms with Gasteiger partial charge in [0.05, 0.1) is 7.11 Å². The number of halogens is 5. The number of hydrogen-bond donors (Lipinski definition) is 1. The van der Waals surface area contributed by atoms with Gasteiger partial charge in [0, 0.05) is 28.3 Å². The number of amides is 1. The molecule has 1 heterocycles. The van der Waals surface area contributed by atoms with E-state index in [2.05, 4.69) is 5.32 Å². The number of anilines is 1. The van der Waals surface area contributed by atoms with Gasteiger partial charge >= 0.3 is 0 Å². The molecule has 0 spiro atoms. The fraction of sp³-hybridized carbons (Fsp3) is 0.154. The van der Waals surface area contributed by atoms with Crippen LogP contribution in [-0.4, -0.2) is 24.9 Å². The number of carbonyl (C=O) groups is 2. The minimum absolute atomic E-state index is 0.0785. The Morgan fingerprint density at radius 3 is 2.22 bits per heavy atom. The van der Waals surface area contributed by atoms with Gasteiger partial charge in [-0.1, -0.05) is 12.1 Å². The van der Waals surface area contributed by atoms with E-state index in [0.717, 1.165) is 6.92 Å². The van der Waals surface area contributed by atoms with Crippen LogP contribution in [0.2, 0.25) is 0 Å². The van der Waals surface area contributed by atoms with E-state index in [1.54, 1.807) is 37.3 Å². The molecular weight excluding hydrogens is 501 g/mol. The summed E-state index contributed by atoms with van der Waals surface area (Å²) in [4.78, 5) is 25.5. The zero-order chi connectivity index (χ0) is 27.0. The molecule has 1 amide bonds. The van der Waals surface area contributed by atoms with Crippen molar-refractivity contribution in [3.05, 3.63) is 88.4 Å².